The van der Waals surface area contributed by atoms with Crippen LogP contribution in [0.25, 0.3) is 0 Å². The standard InChI is InChI=1S/C20H28N2O4/c1-15(2)16-5-7-17(8-6-16)20(25)22-12-4-11-21(13-14-22)18(23)9-10-19(24)26-3/h5-8,15H,4,9-14H2,1-3H3. The minimum absolute atomic E-state index is 0.00386. The molecule has 1 aliphatic heterocycles. The van der Waals surface area contributed by atoms with Gasteiger partial charge in [0.15, 0.2) is 0 Å². The van der Waals surface area contributed by atoms with E-state index in [9.17, 15) is 14.4 Å². The third-order valence-electron chi connectivity index (χ3n) is 4.73. The molecule has 26 heavy (non-hydrogen) atoms. The molecule has 1 saturated heterocycles. The van der Waals surface area contributed by atoms with Crippen LogP contribution in [0, 0.1) is 0 Å². The fourth-order valence-corrected chi connectivity index (χ4v) is 3.03. The maximum Gasteiger partial charge on any atom is 0.306 e. The van der Waals surface area contributed by atoms with Gasteiger partial charge in [-0.1, -0.05) is 26.0 Å². The fraction of sp³-hybridized carbons (Fsp3) is 0.550. The number of hydrogen-bond acceptors (Lipinski definition) is 4. The lowest BCUT2D eigenvalue weighted by atomic mass is 10.0. The second-order valence-corrected chi connectivity index (χ2v) is 6.88. The van der Waals surface area contributed by atoms with E-state index >= 15 is 0 Å². The van der Waals surface area contributed by atoms with Crippen molar-refractivity contribution in [3.8, 4) is 0 Å². The molecular weight excluding hydrogens is 332 g/mol. The lowest BCUT2D eigenvalue weighted by Gasteiger charge is -2.22. The van der Waals surface area contributed by atoms with Crippen LogP contribution in [0.3, 0.4) is 0 Å². The molecule has 0 spiro atoms. The zero-order valence-corrected chi connectivity index (χ0v) is 15.9. The summed E-state index contributed by atoms with van der Waals surface area (Å²) in [6.07, 6.45) is 0.980. The van der Waals surface area contributed by atoms with Crippen molar-refractivity contribution in [3.63, 3.8) is 0 Å². The number of nitrogens with zero attached hydrogens (tertiary/aromatic N) is 2. The molecule has 1 aromatic carbocycles. The van der Waals surface area contributed by atoms with Crippen molar-refractivity contribution >= 4 is 17.8 Å². The number of esters is 1. The zero-order chi connectivity index (χ0) is 19.1. The van der Waals surface area contributed by atoms with Crippen molar-refractivity contribution in [1.29, 1.82) is 0 Å². The Hall–Kier alpha value is -2.37. The quantitative estimate of drug-likeness (QED) is 0.757. The molecule has 0 N–H and O–H groups in total. The van der Waals surface area contributed by atoms with Gasteiger partial charge in [-0.15, -0.1) is 0 Å². The lowest BCUT2D eigenvalue weighted by molar-refractivity contribution is -0.143. The fourth-order valence-electron chi connectivity index (χ4n) is 3.03. The van der Waals surface area contributed by atoms with Gasteiger partial charge < -0.3 is 14.5 Å². The predicted molar refractivity (Wildman–Crippen MR) is 98.9 cm³/mol. The number of ether oxygens (including phenoxy) is 1. The van der Waals surface area contributed by atoms with Crippen LogP contribution in [-0.4, -0.2) is 60.9 Å². The minimum Gasteiger partial charge on any atom is -0.469 e. The van der Waals surface area contributed by atoms with E-state index < -0.39 is 0 Å². The first-order chi connectivity index (χ1) is 12.4. The number of hydrogen-bond donors (Lipinski definition) is 0. The highest BCUT2D eigenvalue weighted by Crippen LogP contribution is 2.16. The molecule has 0 saturated carbocycles. The Labute approximate surface area is 155 Å². The summed E-state index contributed by atoms with van der Waals surface area (Å²) >= 11 is 0. The van der Waals surface area contributed by atoms with E-state index in [1.807, 2.05) is 24.3 Å². The summed E-state index contributed by atoms with van der Waals surface area (Å²) in [5, 5.41) is 0. The van der Waals surface area contributed by atoms with Crippen LogP contribution in [0.1, 0.15) is 54.9 Å². The van der Waals surface area contributed by atoms with Gasteiger partial charge in [-0.2, -0.15) is 0 Å². The molecule has 1 aromatic rings. The van der Waals surface area contributed by atoms with Crippen LogP contribution < -0.4 is 0 Å². The molecule has 6 heteroatoms. The van der Waals surface area contributed by atoms with Crippen LogP contribution in [0.2, 0.25) is 0 Å². The van der Waals surface area contributed by atoms with Gasteiger partial charge in [0.1, 0.15) is 0 Å². The largest absolute Gasteiger partial charge is 0.469 e. The lowest BCUT2D eigenvalue weighted by Crippen LogP contribution is -2.37. The maximum absolute atomic E-state index is 12.7. The van der Waals surface area contributed by atoms with Crippen LogP contribution in [0.5, 0.6) is 0 Å². The maximum atomic E-state index is 12.7. The van der Waals surface area contributed by atoms with Crippen molar-refractivity contribution in [1.82, 2.24) is 9.80 Å². The van der Waals surface area contributed by atoms with Crippen LogP contribution >= 0.6 is 0 Å². The van der Waals surface area contributed by atoms with Crippen molar-refractivity contribution in [2.45, 2.75) is 39.0 Å². The highest BCUT2D eigenvalue weighted by Gasteiger charge is 2.23. The van der Waals surface area contributed by atoms with E-state index in [0.29, 0.717) is 37.7 Å². The Balaban J connectivity index is 1.91. The molecule has 1 fully saturated rings. The summed E-state index contributed by atoms with van der Waals surface area (Å²) in [7, 11) is 1.32. The summed E-state index contributed by atoms with van der Waals surface area (Å²) in [4.78, 5) is 39.7. The van der Waals surface area contributed by atoms with Crippen LogP contribution in [0.15, 0.2) is 24.3 Å². The van der Waals surface area contributed by atoms with Crippen molar-refractivity contribution < 1.29 is 19.1 Å². The molecule has 0 atom stereocenters. The van der Waals surface area contributed by atoms with Crippen LogP contribution in [-0.2, 0) is 14.3 Å². The summed E-state index contributed by atoms with van der Waals surface area (Å²) in [6.45, 7) is 6.49. The van der Waals surface area contributed by atoms with Gasteiger partial charge in [-0.3, -0.25) is 14.4 Å². The summed E-state index contributed by atoms with van der Waals surface area (Å²) in [6, 6.07) is 7.75. The Kier molecular flexibility index (Phi) is 7.18. The van der Waals surface area contributed by atoms with Gasteiger partial charge in [0.2, 0.25) is 5.91 Å². The smallest absolute Gasteiger partial charge is 0.306 e. The van der Waals surface area contributed by atoms with Gasteiger partial charge in [0.05, 0.1) is 13.5 Å². The highest BCUT2D eigenvalue weighted by molar-refractivity contribution is 5.94. The Morgan fingerprint density at radius 2 is 1.58 bits per heavy atom. The normalized spacial score (nSPS) is 14.9. The topological polar surface area (TPSA) is 66.9 Å². The van der Waals surface area contributed by atoms with E-state index in [2.05, 4.69) is 18.6 Å². The van der Waals surface area contributed by atoms with Crippen LogP contribution in [0.4, 0.5) is 0 Å². The summed E-state index contributed by atoms with van der Waals surface area (Å²) < 4.78 is 4.57. The first-order valence-corrected chi connectivity index (χ1v) is 9.16. The predicted octanol–water partition coefficient (Wildman–Crippen LogP) is 2.44. The van der Waals surface area contributed by atoms with Gasteiger partial charge in [0, 0.05) is 38.2 Å². The minimum atomic E-state index is -0.380. The molecule has 6 nitrogen and oxygen atoms in total. The number of methoxy groups -OCH3 is 1. The average Bonchev–Trinajstić information content (AvgIpc) is 2.91. The Bertz CT molecular complexity index is 640. The van der Waals surface area contributed by atoms with Gasteiger partial charge in [-0.05, 0) is 30.0 Å². The number of amides is 2. The second kappa shape index (κ2) is 9.36. The van der Waals surface area contributed by atoms with E-state index in [1.165, 1.54) is 12.7 Å². The molecule has 1 heterocycles. The molecule has 0 bridgehead atoms. The van der Waals surface area contributed by atoms with E-state index in [0.717, 1.165) is 6.42 Å². The number of carbonyl (C=O) groups is 3. The first-order valence-electron chi connectivity index (χ1n) is 9.16. The number of rotatable bonds is 5. The van der Waals surface area contributed by atoms with E-state index in [-0.39, 0.29) is 30.6 Å². The molecule has 1 aliphatic rings. The van der Waals surface area contributed by atoms with E-state index in [4.69, 9.17) is 0 Å². The third kappa shape index (κ3) is 5.31. The first kappa shape index (κ1) is 19.9. The van der Waals surface area contributed by atoms with Crippen molar-refractivity contribution in [2.24, 2.45) is 0 Å². The van der Waals surface area contributed by atoms with Crippen molar-refractivity contribution in [2.75, 3.05) is 33.3 Å². The Morgan fingerprint density at radius 1 is 0.962 bits per heavy atom. The molecule has 0 aromatic heterocycles. The average molecular weight is 360 g/mol. The number of carbonyl (C=O) groups excluding carboxylic acids is 3. The van der Waals surface area contributed by atoms with Gasteiger partial charge in [0.25, 0.3) is 5.91 Å². The van der Waals surface area contributed by atoms with Crippen molar-refractivity contribution in [3.05, 3.63) is 35.4 Å². The molecule has 0 aliphatic carbocycles. The van der Waals surface area contributed by atoms with E-state index in [1.54, 1.807) is 9.80 Å². The highest BCUT2D eigenvalue weighted by atomic mass is 16.5. The number of benzene rings is 1. The third-order valence-corrected chi connectivity index (χ3v) is 4.73. The van der Waals surface area contributed by atoms with Gasteiger partial charge in [-0.25, -0.2) is 0 Å². The molecule has 0 radical (unpaired) electrons. The Morgan fingerprint density at radius 3 is 2.19 bits per heavy atom. The molecule has 2 rings (SSSR count). The molecule has 2 amide bonds. The second-order valence-electron chi connectivity index (χ2n) is 6.88. The molecule has 0 unspecified atom stereocenters. The SMILES string of the molecule is COC(=O)CCC(=O)N1CCCN(C(=O)c2ccc(C(C)C)cc2)CC1. The summed E-state index contributed by atoms with van der Waals surface area (Å²) in [5.74, 6) is -0.00753. The molecule has 142 valence electrons. The summed E-state index contributed by atoms with van der Waals surface area (Å²) in [5.41, 5.74) is 1.89. The monoisotopic (exact) mass is 360 g/mol. The zero-order valence-electron chi connectivity index (χ0n) is 15.9. The van der Waals surface area contributed by atoms with Gasteiger partial charge >= 0.3 is 5.97 Å². The molecular formula is C20H28N2O4.